The summed E-state index contributed by atoms with van der Waals surface area (Å²) in [7, 11) is 0. The lowest BCUT2D eigenvalue weighted by molar-refractivity contribution is -0.174. The van der Waals surface area contributed by atoms with Crippen LogP contribution in [0.3, 0.4) is 0 Å². The van der Waals surface area contributed by atoms with E-state index in [0.29, 0.717) is 16.6 Å². The van der Waals surface area contributed by atoms with Crippen molar-refractivity contribution in [1.82, 2.24) is 5.32 Å². The van der Waals surface area contributed by atoms with Gasteiger partial charge in [0.25, 0.3) is 0 Å². The third-order valence-corrected chi connectivity index (χ3v) is 3.97. The lowest BCUT2D eigenvalue weighted by Gasteiger charge is -2.20. The molecule has 0 saturated carbocycles. The molecule has 0 aliphatic carbocycles. The van der Waals surface area contributed by atoms with Crippen molar-refractivity contribution in [3.8, 4) is 0 Å². The fourth-order valence-corrected chi connectivity index (χ4v) is 2.29. The minimum Gasteiger partial charge on any atom is -0.372 e. The van der Waals surface area contributed by atoms with Crippen LogP contribution in [-0.4, -0.2) is 25.9 Å². The van der Waals surface area contributed by atoms with Crippen LogP contribution in [0.25, 0.3) is 0 Å². The summed E-state index contributed by atoms with van der Waals surface area (Å²) in [4.78, 5) is 0. The van der Waals surface area contributed by atoms with E-state index in [1.807, 2.05) is 6.92 Å². The molecule has 1 aromatic carbocycles. The average molecular weight is 393 g/mol. The van der Waals surface area contributed by atoms with Crippen molar-refractivity contribution in [2.45, 2.75) is 25.6 Å². The third-order valence-electron chi connectivity index (χ3n) is 2.71. The Hall–Kier alpha value is -0.370. The van der Waals surface area contributed by atoms with Crippen LogP contribution in [0.5, 0.6) is 0 Å². The van der Waals surface area contributed by atoms with Crippen molar-refractivity contribution in [2.24, 2.45) is 0 Å². The maximum atomic E-state index is 14.1. The van der Waals surface area contributed by atoms with Gasteiger partial charge >= 0.3 is 6.18 Å². The number of benzene rings is 1. The number of halogens is 6. The highest BCUT2D eigenvalue weighted by Crippen LogP contribution is 2.31. The van der Waals surface area contributed by atoms with Crippen LogP contribution in [-0.2, 0) is 4.74 Å². The predicted octanol–water partition coefficient (Wildman–Crippen LogP) is 4.86. The van der Waals surface area contributed by atoms with Crippen molar-refractivity contribution in [3.05, 3.63) is 33.0 Å². The molecule has 0 aliphatic heterocycles. The van der Waals surface area contributed by atoms with Crippen LogP contribution in [0.1, 0.15) is 24.9 Å². The smallest absolute Gasteiger partial charge is 0.372 e. The van der Waals surface area contributed by atoms with Crippen LogP contribution >= 0.6 is 27.5 Å². The molecule has 1 atom stereocenters. The molecule has 2 nitrogen and oxygen atoms in total. The molecule has 0 fully saturated rings. The second-order valence-corrected chi connectivity index (χ2v) is 5.56. The highest BCUT2D eigenvalue weighted by Gasteiger charge is 2.27. The Balaban J connectivity index is 2.71. The molecule has 0 radical (unpaired) electrons. The molecule has 1 aromatic rings. The Labute approximate surface area is 133 Å². The van der Waals surface area contributed by atoms with Crippen LogP contribution in [0.2, 0.25) is 5.02 Å². The van der Waals surface area contributed by atoms with Crippen molar-refractivity contribution < 1.29 is 22.3 Å². The highest BCUT2D eigenvalue weighted by molar-refractivity contribution is 9.10. The van der Waals surface area contributed by atoms with Gasteiger partial charge in [-0.1, -0.05) is 24.6 Å². The number of hydrogen-bond donors (Lipinski definition) is 1. The second kappa shape index (κ2) is 8.31. The molecule has 1 rings (SSSR count). The second-order valence-electron chi connectivity index (χ2n) is 4.33. The molecule has 120 valence electrons. The SMILES string of the molecule is CCNC(CCOCC(F)(F)F)c1ccc(Br)c(Cl)c1F. The zero-order valence-electron chi connectivity index (χ0n) is 11.2. The van der Waals surface area contributed by atoms with Crippen LogP contribution in [0.4, 0.5) is 17.6 Å². The zero-order chi connectivity index (χ0) is 16.0. The van der Waals surface area contributed by atoms with E-state index < -0.39 is 24.6 Å². The predicted molar refractivity (Wildman–Crippen MR) is 77.0 cm³/mol. The maximum Gasteiger partial charge on any atom is 0.411 e. The monoisotopic (exact) mass is 391 g/mol. The zero-order valence-corrected chi connectivity index (χ0v) is 13.6. The molecular weight excluding hydrogens is 377 g/mol. The molecule has 0 heterocycles. The van der Waals surface area contributed by atoms with Crippen molar-refractivity contribution >= 4 is 27.5 Å². The fraction of sp³-hybridized carbons (Fsp3) is 0.538. The largest absolute Gasteiger partial charge is 0.411 e. The van der Waals surface area contributed by atoms with Crippen LogP contribution in [0.15, 0.2) is 16.6 Å². The van der Waals surface area contributed by atoms with E-state index in [1.54, 1.807) is 12.1 Å². The fourth-order valence-electron chi connectivity index (χ4n) is 1.81. The van der Waals surface area contributed by atoms with Gasteiger partial charge in [0, 0.05) is 22.7 Å². The van der Waals surface area contributed by atoms with Gasteiger partial charge in [0.15, 0.2) is 0 Å². The van der Waals surface area contributed by atoms with Crippen molar-refractivity contribution in [1.29, 1.82) is 0 Å². The molecule has 0 amide bonds. The molecule has 1 N–H and O–H groups in total. The van der Waals surface area contributed by atoms with Gasteiger partial charge < -0.3 is 10.1 Å². The Morgan fingerprint density at radius 3 is 2.62 bits per heavy atom. The summed E-state index contributed by atoms with van der Waals surface area (Å²) in [5.41, 5.74) is 0.306. The van der Waals surface area contributed by atoms with E-state index in [4.69, 9.17) is 11.6 Å². The number of rotatable bonds is 7. The summed E-state index contributed by atoms with van der Waals surface area (Å²) < 4.78 is 55.1. The number of ether oxygens (including phenoxy) is 1. The van der Waals surface area contributed by atoms with E-state index in [1.165, 1.54) is 0 Å². The van der Waals surface area contributed by atoms with Gasteiger partial charge in [-0.15, -0.1) is 0 Å². The highest BCUT2D eigenvalue weighted by atomic mass is 79.9. The van der Waals surface area contributed by atoms with Gasteiger partial charge in [-0.2, -0.15) is 13.2 Å². The summed E-state index contributed by atoms with van der Waals surface area (Å²) in [5.74, 6) is -0.590. The summed E-state index contributed by atoms with van der Waals surface area (Å²) in [6.45, 7) is 0.915. The third kappa shape index (κ3) is 6.10. The first kappa shape index (κ1) is 18.7. The topological polar surface area (TPSA) is 21.3 Å². The minimum absolute atomic E-state index is 0.0494. The summed E-state index contributed by atoms with van der Waals surface area (Å²) in [6, 6.07) is 2.68. The van der Waals surface area contributed by atoms with Gasteiger partial charge in [0.1, 0.15) is 12.4 Å². The van der Waals surface area contributed by atoms with E-state index >= 15 is 0 Å². The van der Waals surface area contributed by atoms with Crippen molar-refractivity contribution in [2.75, 3.05) is 19.8 Å². The number of alkyl halides is 3. The molecule has 0 bridgehead atoms. The van der Waals surface area contributed by atoms with E-state index in [9.17, 15) is 17.6 Å². The van der Waals surface area contributed by atoms with Crippen molar-refractivity contribution in [3.63, 3.8) is 0 Å². The first-order valence-electron chi connectivity index (χ1n) is 6.27. The standard InChI is InChI=1S/C13H15BrClF4NO/c1-2-20-10(5-6-21-7-13(17,18)19)8-3-4-9(14)11(15)12(8)16/h3-4,10,20H,2,5-7H2,1H3. The Morgan fingerprint density at radius 1 is 1.38 bits per heavy atom. The molecule has 0 aromatic heterocycles. The lowest BCUT2D eigenvalue weighted by Crippen LogP contribution is -2.25. The molecule has 21 heavy (non-hydrogen) atoms. The van der Waals surface area contributed by atoms with Gasteiger partial charge in [-0.25, -0.2) is 4.39 Å². The lowest BCUT2D eigenvalue weighted by atomic mass is 10.0. The molecule has 0 saturated heterocycles. The summed E-state index contributed by atoms with van der Waals surface area (Å²) in [6.07, 6.45) is -4.15. The summed E-state index contributed by atoms with van der Waals surface area (Å²) in [5, 5.41) is 2.96. The van der Waals surface area contributed by atoms with E-state index in [0.717, 1.165) is 0 Å². The van der Waals surface area contributed by atoms with Crippen LogP contribution < -0.4 is 5.32 Å². The Morgan fingerprint density at radius 2 is 2.05 bits per heavy atom. The normalized spacial score (nSPS) is 13.5. The minimum atomic E-state index is -4.36. The molecule has 8 heteroatoms. The van der Waals surface area contributed by atoms with Gasteiger partial charge in [0.2, 0.25) is 0 Å². The number of hydrogen-bond acceptors (Lipinski definition) is 2. The molecule has 1 unspecified atom stereocenters. The maximum absolute atomic E-state index is 14.1. The molecule has 0 spiro atoms. The average Bonchev–Trinajstić information content (AvgIpc) is 2.39. The van der Waals surface area contributed by atoms with Crippen LogP contribution in [0, 0.1) is 5.82 Å². The quantitative estimate of drug-likeness (QED) is 0.406. The van der Waals surface area contributed by atoms with E-state index in [-0.39, 0.29) is 18.1 Å². The number of nitrogens with one attached hydrogen (secondary N) is 1. The van der Waals surface area contributed by atoms with E-state index in [2.05, 4.69) is 26.0 Å². The first-order chi connectivity index (χ1) is 9.76. The molecule has 0 aliphatic rings. The summed E-state index contributed by atoms with van der Waals surface area (Å²) >= 11 is 8.93. The van der Waals surface area contributed by atoms with Gasteiger partial charge in [-0.05, 0) is 35.0 Å². The Kier molecular flexibility index (Phi) is 7.39. The van der Waals surface area contributed by atoms with Gasteiger partial charge in [0.05, 0.1) is 5.02 Å². The van der Waals surface area contributed by atoms with Gasteiger partial charge in [-0.3, -0.25) is 0 Å². The Bertz CT molecular complexity index is 470. The molecular formula is C13H15BrClF4NO. The first-order valence-corrected chi connectivity index (χ1v) is 7.44.